The molecule has 0 saturated heterocycles. The Morgan fingerprint density at radius 3 is 1.91 bits per heavy atom. The maximum atomic E-state index is 11.2. The monoisotopic (exact) mass is 297 g/mol. The second-order valence-corrected chi connectivity index (χ2v) is 5.50. The minimum atomic E-state index is -0.960. The Hall–Kier alpha value is -2.29. The van der Waals surface area contributed by atoms with E-state index in [2.05, 4.69) is 36.5 Å². The molecule has 0 aliphatic heterocycles. The summed E-state index contributed by atoms with van der Waals surface area (Å²) >= 11 is 0. The van der Waals surface area contributed by atoms with Crippen molar-refractivity contribution in [1.82, 2.24) is 5.32 Å². The molecule has 2 rings (SSSR count). The van der Waals surface area contributed by atoms with Crippen LogP contribution in [0.2, 0.25) is 0 Å². The number of unbranched alkanes of at least 4 members (excludes halogenated alkanes) is 1. The van der Waals surface area contributed by atoms with Crippen LogP contribution < -0.4 is 5.32 Å². The van der Waals surface area contributed by atoms with Gasteiger partial charge in [0.1, 0.15) is 0 Å². The summed E-state index contributed by atoms with van der Waals surface area (Å²) in [4.78, 5) is 11.2. The molecule has 3 nitrogen and oxygen atoms in total. The summed E-state index contributed by atoms with van der Waals surface area (Å²) in [6, 6.07) is 20.1. The number of carbonyl (C=O) groups is 1. The molecule has 2 N–H and O–H groups in total. The third-order valence-electron chi connectivity index (χ3n) is 3.90. The van der Waals surface area contributed by atoms with E-state index in [4.69, 9.17) is 0 Å². The molecule has 0 spiro atoms. The van der Waals surface area contributed by atoms with Gasteiger partial charge in [-0.2, -0.15) is 0 Å². The molecule has 0 radical (unpaired) electrons. The van der Waals surface area contributed by atoms with Crippen molar-refractivity contribution in [1.29, 1.82) is 0 Å². The average molecular weight is 297 g/mol. The highest BCUT2D eigenvalue weighted by Gasteiger charge is 2.25. The van der Waals surface area contributed by atoms with Crippen molar-refractivity contribution in [3.63, 3.8) is 0 Å². The Bertz CT molecular complexity index is 529. The normalized spacial score (nSPS) is 12.1. The van der Waals surface area contributed by atoms with Crippen LogP contribution in [-0.2, 0) is 0 Å². The number of nitrogens with one attached hydrogen (secondary N) is 1. The number of hydrogen-bond acceptors (Lipinski definition) is 1. The van der Waals surface area contributed by atoms with Crippen LogP contribution in [0.3, 0.4) is 0 Å². The zero-order valence-corrected chi connectivity index (χ0v) is 12.9. The van der Waals surface area contributed by atoms with E-state index < -0.39 is 6.09 Å². The lowest BCUT2D eigenvalue weighted by molar-refractivity contribution is 0.187. The van der Waals surface area contributed by atoms with Crippen LogP contribution in [0.4, 0.5) is 4.79 Å². The molecule has 1 unspecified atom stereocenters. The minimum Gasteiger partial charge on any atom is -0.465 e. The third-order valence-corrected chi connectivity index (χ3v) is 3.90. The fourth-order valence-electron chi connectivity index (χ4n) is 2.88. The number of benzene rings is 2. The Balaban J connectivity index is 2.38. The molecule has 0 fully saturated rings. The Kier molecular flexibility index (Phi) is 6.01. The first-order valence-corrected chi connectivity index (χ1v) is 7.81. The molecule has 0 aliphatic carbocycles. The van der Waals surface area contributed by atoms with Gasteiger partial charge in [0.2, 0.25) is 0 Å². The SMILES string of the molecule is CCCCC(NC(=O)O)C(c1ccccc1)c1ccccc1. The van der Waals surface area contributed by atoms with E-state index in [0.717, 1.165) is 30.4 Å². The van der Waals surface area contributed by atoms with Gasteiger partial charge in [-0.1, -0.05) is 80.4 Å². The van der Waals surface area contributed by atoms with Crippen LogP contribution in [0.15, 0.2) is 60.7 Å². The third kappa shape index (κ3) is 4.35. The highest BCUT2D eigenvalue weighted by Crippen LogP contribution is 2.30. The van der Waals surface area contributed by atoms with Crippen LogP contribution >= 0.6 is 0 Å². The fraction of sp³-hybridized carbons (Fsp3) is 0.316. The van der Waals surface area contributed by atoms with Gasteiger partial charge < -0.3 is 10.4 Å². The number of rotatable bonds is 7. The number of hydrogen-bond donors (Lipinski definition) is 2. The van der Waals surface area contributed by atoms with Crippen LogP contribution in [0.1, 0.15) is 43.2 Å². The fourth-order valence-corrected chi connectivity index (χ4v) is 2.88. The van der Waals surface area contributed by atoms with Crippen molar-refractivity contribution >= 4 is 6.09 Å². The summed E-state index contributed by atoms with van der Waals surface area (Å²) < 4.78 is 0. The van der Waals surface area contributed by atoms with E-state index in [1.54, 1.807) is 0 Å². The molecule has 2 aromatic carbocycles. The van der Waals surface area contributed by atoms with Crippen molar-refractivity contribution in [2.75, 3.05) is 0 Å². The quantitative estimate of drug-likeness (QED) is 0.782. The zero-order valence-electron chi connectivity index (χ0n) is 12.9. The van der Waals surface area contributed by atoms with Crippen molar-refractivity contribution in [2.45, 2.75) is 38.1 Å². The van der Waals surface area contributed by atoms with Gasteiger partial charge >= 0.3 is 6.09 Å². The van der Waals surface area contributed by atoms with Crippen LogP contribution in [0.25, 0.3) is 0 Å². The molecule has 1 atom stereocenters. The maximum absolute atomic E-state index is 11.2. The number of carboxylic acid groups (broad SMARTS) is 1. The standard InChI is InChI=1S/C19H23NO2/c1-2-3-14-17(20-19(21)22)18(15-10-6-4-7-11-15)16-12-8-5-9-13-16/h4-13,17-18,20H,2-3,14H2,1H3,(H,21,22). The molecule has 22 heavy (non-hydrogen) atoms. The van der Waals surface area contributed by atoms with E-state index in [1.165, 1.54) is 0 Å². The molecule has 0 heterocycles. The summed E-state index contributed by atoms with van der Waals surface area (Å²) in [5, 5.41) is 11.9. The van der Waals surface area contributed by atoms with E-state index in [9.17, 15) is 9.90 Å². The highest BCUT2D eigenvalue weighted by atomic mass is 16.4. The Morgan fingerprint density at radius 2 is 1.50 bits per heavy atom. The first-order valence-electron chi connectivity index (χ1n) is 7.81. The second kappa shape index (κ2) is 8.23. The van der Waals surface area contributed by atoms with Gasteiger partial charge in [0.05, 0.1) is 0 Å². The lowest BCUT2D eigenvalue weighted by atomic mass is 9.83. The van der Waals surface area contributed by atoms with Gasteiger partial charge in [0.15, 0.2) is 0 Å². The van der Waals surface area contributed by atoms with Gasteiger partial charge in [-0.15, -0.1) is 0 Å². The van der Waals surface area contributed by atoms with E-state index >= 15 is 0 Å². The largest absolute Gasteiger partial charge is 0.465 e. The molecular formula is C19H23NO2. The molecule has 0 aromatic heterocycles. The minimum absolute atomic E-state index is 0.0325. The van der Waals surface area contributed by atoms with Crippen LogP contribution in [0, 0.1) is 0 Å². The molecule has 1 amide bonds. The highest BCUT2D eigenvalue weighted by molar-refractivity contribution is 5.65. The lowest BCUT2D eigenvalue weighted by Gasteiger charge is -2.28. The zero-order chi connectivity index (χ0) is 15.8. The van der Waals surface area contributed by atoms with Crippen molar-refractivity contribution in [2.24, 2.45) is 0 Å². The van der Waals surface area contributed by atoms with Crippen molar-refractivity contribution in [3.8, 4) is 0 Å². The first-order chi connectivity index (χ1) is 10.7. The summed E-state index contributed by atoms with van der Waals surface area (Å²) in [5.74, 6) is 0.0325. The van der Waals surface area contributed by atoms with Gasteiger partial charge in [0.25, 0.3) is 0 Å². The van der Waals surface area contributed by atoms with Crippen molar-refractivity contribution in [3.05, 3.63) is 71.8 Å². The van der Waals surface area contributed by atoms with Crippen LogP contribution in [0.5, 0.6) is 0 Å². The summed E-state index contributed by atoms with van der Waals surface area (Å²) in [6.45, 7) is 2.12. The van der Waals surface area contributed by atoms with E-state index in [-0.39, 0.29) is 12.0 Å². The van der Waals surface area contributed by atoms with Gasteiger partial charge in [-0.3, -0.25) is 0 Å². The predicted octanol–water partition coefficient (Wildman–Crippen LogP) is 4.64. The second-order valence-electron chi connectivity index (χ2n) is 5.50. The molecule has 2 aromatic rings. The molecule has 116 valence electrons. The summed E-state index contributed by atoms with van der Waals surface area (Å²) in [7, 11) is 0. The molecule has 0 aliphatic rings. The Labute approximate surface area is 132 Å². The molecule has 0 saturated carbocycles. The maximum Gasteiger partial charge on any atom is 0.404 e. The predicted molar refractivity (Wildman–Crippen MR) is 89.2 cm³/mol. The van der Waals surface area contributed by atoms with E-state index in [1.807, 2.05) is 36.4 Å². The first kappa shape index (κ1) is 16.1. The van der Waals surface area contributed by atoms with Gasteiger partial charge in [0, 0.05) is 12.0 Å². The molecule has 3 heteroatoms. The smallest absolute Gasteiger partial charge is 0.404 e. The summed E-state index contributed by atoms with van der Waals surface area (Å²) in [5.41, 5.74) is 2.28. The van der Waals surface area contributed by atoms with Gasteiger partial charge in [-0.05, 0) is 17.5 Å². The average Bonchev–Trinajstić information content (AvgIpc) is 2.54. The van der Waals surface area contributed by atoms with Crippen LogP contribution in [-0.4, -0.2) is 17.2 Å². The van der Waals surface area contributed by atoms with Crippen molar-refractivity contribution < 1.29 is 9.90 Å². The van der Waals surface area contributed by atoms with Gasteiger partial charge in [-0.25, -0.2) is 4.79 Å². The summed E-state index contributed by atoms with van der Waals surface area (Å²) in [6.07, 6.45) is 1.92. The lowest BCUT2D eigenvalue weighted by Crippen LogP contribution is -2.39. The topological polar surface area (TPSA) is 49.3 Å². The van der Waals surface area contributed by atoms with E-state index in [0.29, 0.717) is 0 Å². The molecule has 0 bridgehead atoms. The number of amides is 1. The Morgan fingerprint density at radius 1 is 1.00 bits per heavy atom. The molecular weight excluding hydrogens is 274 g/mol.